The summed E-state index contributed by atoms with van der Waals surface area (Å²) >= 11 is 0. The van der Waals surface area contributed by atoms with Crippen LogP contribution >= 0.6 is 0 Å². The normalized spacial score (nSPS) is 21.9. The second kappa shape index (κ2) is 5.48. The van der Waals surface area contributed by atoms with E-state index in [-0.39, 0.29) is 5.56 Å². The number of hydrogen-bond acceptors (Lipinski definition) is 3. The minimum absolute atomic E-state index is 0.00359. The number of carboxylic acids is 1. The highest BCUT2D eigenvalue weighted by Gasteiger charge is 2.49. The van der Waals surface area contributed by atoms with Crippen molar-refractivity contribution in [1.82, 2.24) is 9.88 Å². The van der Waals surface area contributed by atoms with Gasteiger partial charge in [0, 0.05) is 12.7 Å². The molecule has 0 bridgehead atoms. The number of aromatic nitrogens is 1. The van der Waals surface area contributed by atoms with Crippen LogP contribution in [0.2, 0.25) is 0 Å². The molecule has 0 spiro atoms. The van der Waals surface area contributed by atoms with E-state index in [9.17, 15) is 19.5 Å². The van der Waals surface area contributed by atoms with Crippen LogP contribution in [-0.4, -0.2) is 39.0 Å². The van der Waals surface area contributed by atoms with Crippen LogP contribution in [0.25, 0.3) is 0 Å². The fourth-order valence-electron chi connectivity index (χ4n) is 2.91. The number of likely N-dealkylation sites (tertiary alicyclic amines) is 1. The summed E-state index contributed by atoms with van der Waals surface area (Å²) in [7, 11) is 0. The first-order valence-corrected chi connectivity index (χ1v) is 6.76. The second-order valence-electron chi connectivity index (χ2n) is 5.06. The molecule has 1 unspecified atom stereocenters. The fraction of sp³-hybridized carbons (Fsp3) is 0.500. The first-order valence-electron chi connectivity index (χ1n) is 6.76. The topological polar surface area (TPSA) is 90.5 Å². The van der Waals surface area contributed by atoms with E-state index in [0.29, 0.717) is 32.2 Å². The molecule has 0 aromatic carbocycles. The van der Waals surface area contributed by atoms with E-state index in [1.165, 1.54) is 17.2 Å². The first-order chi connectivity index (χ1) is 9.53. The minimum atomic E-state index is -1.17. The number of carbonyl (C=O) groups excluding carboxylic acids is 1. The quantitative estimate of drug-likeness (QED) is 0.866. The third kappa shape index (κ3) is 2.21. The summed E-state index contributed by atoms with van der Waals surface area (Å²) in [6.07, 6.45) is 3.59. The van der Waals surface area contributed by atoms with Gasteiger partial charge in [0.15, 0.2) is 0 Å². The molecule has 20 heavy (non-hydrogen) atoms. The largest absolute Gasteiger partial charge is 0.479 e. The molecule has 1 atom stereocenters. The summed E-state index contributed by atoms with van der Waals surface area (Å²) in [5, 5.41) is 9.55. The zero-order valence-electron chi connectivity index (χ0n) is 11.4. The molecule has 1 aromatic rings. The Morgan fingerprint density at radius 3 is 2.85 bits per heavy atom. The number of carboxylic acid groups (broad SMARTS) is 1. The van der Waals surface area contributed by atoms with Crippen LogP contribution in [0, 0.1) is 0 Å². The van der Waals surface area contributed by atoms with Crippen molar-refractivity contribution < 1.29 is 14.7 Å². The number of H-pyrrole nitrogens is 1. The Balaban J connectivity index is 2.40. The molecule has 6 heteroatoms. The number of nitrogens with zero attached hydrogens (tertiary/aromatic N) is 1. The van der Waals surface area contributed by atoms with E-state index in [2.05, 4.69) is 4.98 Å². The van der Waals surface area contributed by atoms with Crippen molar-refractivity contribution in [2.75, 3.05) is 6.54 Å². The van der Waals surface area contributed by atoms with Gasteiger partial charge in [-0.3, -0.25) is 9.59 Å². The molecular formula is C14H18N2O4. The Labute approximate surface area is 116 Å². The third-order valence-electron chi connectivity index (χ3n) is 3.84. The monoisotopic (exact) mass is 278 g/mol. The molecule has 2 N–H and O–H groups in total. The van der Waals surface area contributed by atoms with Gasteiger partial charge in [-0.2, -0.15) is 0 Å². The molecule has 1 aliphatic heterocycles. The van der Waals surface area contributed by atoms with Crippen molar-refractivity contribution in [3.63, 3.8) is 0 Å². The lowest BCUT2D eigenvalue weighted by Gasteiger charge is -2.34. The Hall–Kier alpha value is -2.11. The molecule has 1 aliphatic rings. The summed E-state index contributed by atoms with van der Waals surface area (Å²) in [6, 6.07) is 2.99. The van der Waals surface area contributed by atoms with Gasteiger partial charge in [0.1, 0.15) is 11.1 Å². The molecule has 2 heterocycles. The van der Waals surface area contributed by atoms with Gasteiger partial charge in [-0.05, 0) is 31.4 Å². The summed E-state index contributed by atoms with van der Waals surface area (Å²) in [4.78, 5) is 39.7. The number of carbonyl (C=O) groups is 2. The van der Waals surface area contributed by atoms with Crippen LogP contribution in [0.3, 0.4) is 0 Å². The molecule has 1 aromatic heterocycles. The minimum Gasteiger partial charge on any atom is -0.479 e. The van der Waals surface area contributed by atoms with Crippen molar-refractivity contribution >= 4 is 11.9 Å². The van der Waals surface area contributed by atoms with Crippen LogP contribution < -0.4 is 5.56 Å². The van der Waals surface area contributed by atoms with Crippen LogP contribution in [-0.2, 0) is 4.79 Å². The van der Waals surface area contributed by atoms with Crippen LogP contribution in [0.15, 0.2) is 23.1 Å². The molecule has 6 nitrogen and oxygen atoms in total. The predicted octanol–water partition coefficient (Wildman–Crippen LogP) is 1.23. The van der Waals surface area contributed by atoms with Crippen LogP contribution in [0.5, 0.6) is 0 Å². The van der Waals surface area contributed by atoms with E-state index in [4.69, 9.17) is 0 Å². The fourth-order valence-corrected chi connectivity index (χ4v) is 2.91. The number of aliphatic carboxylic acids is 1. The molecule has 2 rings (SSSR count). The summed E-state index contributed by atoms with van der Waals surface area (Å²) in [6.45, 7) is 2.26. The average molecular weight is 278 g/mol. The SMILES string of the molecule is CCCC1(C(=O)O)CCCN1C(=O)c1ccc[nH]c1=O. The van der Waals surface area contributed by atoms with Crippen molar-refractivity contribution in [1.29, 1.82) is 0 Å². The second-order valence-corrected chi connectivity index (χ2v) is 5.06. The van der Waals surface area contributed by atoms with Crippen molar-refractivity contribution in [3.8, 4) is 0 Å². The molecular weight excluding hydrogens is 260 g/mol. The Kier molecular flexibility index (Phi) is 3.92. The predicted molar refractivity (Wildman–Crippen MR) is 72.6 cm³/mol. The molecule has 108 valence electrons. The highest BCUT2D eigenvalue weighted by molar-refractivity contribution is 5.98. The zero-order chi connectivity index (χ0) is 14.8. The number of nitrogens with one attached hydrogen (secondary N) is 1. The molecule has 0 aliphatic carbocycles. The molecule has 0 radical (unpaired) electrons. The maximum Gasteiger partial charge on any atom is 0.329 e. The Morgan fingerprint density at radius 2 is 2.25 bits per heavy atom. The van der Waals surface area contributed by atoms with Gasteiger partial charge >= 0.3 is 5.97 Å². The first kappa shape index (κ1) is 14.3. The van der Waals surface area contributed by atoms with Crippen LogP contribution in [0.4, 0.5) is 0 Å². The van der Waals surface area contributed by atoms with Gasteiger partial charge in [0.05, 0.1) is 0 Å². The van der Waals surface area contributed by atoms with E-state index < -0.39 is 23.0 Å². The summed E-state index contributed by atoms with van der Waals surface area (Å²) < 4.78 is 0. The molecule has 1 amide bonds. The average Bonchev–Trinajstić information content (AvgIpc) is 2.84. The lowest BCUT2D eigenvalue weighted by molar-refractivity contribution is -0.148. The maximum atomic E-state index is 12.5. The number of aromatic amines is 1. The lowest BCUT2D eigenvalue weighted by atomic mass is 9.90. The Bertz CT molecular complexity index is 581. The number of rotatable bonds is 4. The lowest BCUT2D eigenvalue weighted by Crippen LogP contribution is -2.53. The highest BCUT2D eigenvalue weighted by Crippen LogP contribution is 2.34. The van der Waals surface area contributed by atoms with Gasteiger partial charge in [-0.25, -0.2) is 4.79 Å². The van der Waals surface area contributed by atoms with Crippen molar-refractivity contribution in [2.45, 2.75) is 38.1 Å². The summed E-state index contributed by atoms with van der Waals surface area (Å²) in [5.41, 5.74) is -1.66. The summed E-state index contributed by atoms with van der Waals surface area (Å²) in [5.74, 6) is -1.49. The van der Waals surface area contributed by atoms with E-state index in [0.717, 1.165) is 0 Å². The van der Waals surface area contributed by atoms with Gasteiger partial charge < -0.3 is 15.0 Å². The molecule has 1 fully saturated rings. The van der Waals surface area contributed by atoms with Gasteiger partial charge in [-0.1, -0.05) is 13.3 Å². The maximum absolute atomic E-state index is 12.5. The number of amides is 1. The van der Waals surface area contributed by atoms with Crippen LogP contribution in [0.1, 0.15) is 43.0 Å². The van der Waals surface area contributed by atoms with Gasteiger partial charge in [-0.15, -0.1) is 0 Å². The van der Waals surface area contributed by atoms with Gasteiger partial charge in [0.25, 0.3) is 11.5 Å². The highest BCUT2D eigenvalue weighted by atomic mass is 16.4. The standard InChI is InChI=1S/C14H18N2O4/c1-2-6-14(13(19)20)7-4-9-16(14)12(18)10-5-3-8-15-11(10)17/h3,5,8H,2,4,6-7,9H2,1H3,(H,15,17)(H,19,20). The molecule has 1 saturated heterocycles. The van der Waals surface area contributed by atoms with Crippen molar-refractivity contribution in [2.24, 2.45) is 0 Å². The smallest absolute Gasteiger partial charge is 0.329 e. The zero-order valence-corrected chi connectivity index (χ0v) is 11.4. The Morgan fingerprint density at radius 1 is 1.50 bits per heavy atom. The van der Waals surface area contributed by atoms with E-state index in [1.807, 2.05) is 6.92 Å². The van der Waals surface area contributed by atoms with Gasteiger partial charge in [0.2, 0.25) is 0 Å². The third-order valence-corrected chi connectivity index (χ3v) is 3.84. The van der Waals surface area contributed by atoms with Crippen molar-refractivity contribution in [3.05, 3.63) is 34.2 Å². The molecule has 0 saturated carbocycles. The van der Waals surface area contributed by atoms with E-state index in [1.54, 1.807) is 6.07 Å². The number of hydrogen-bond donors (Lipinski definition) is 2. The van der Waals surface area contributed by atoms with E-state index >= 15 is 0 Å². The number of pyridine rings is 1.